The van der Waals surface area contributed by atoms with Crippen molar-refractivity contribution in [1.82, 2.24) is 9.21 Å². The fourth-order valence-electron chi connectivity index (χ4n) is 5.13. The molecule has 0 unspecified atom stereocenters. The van der Waals surface area contributed by atoms with Crippen LogP contribution in [0.4, 0.5) is 20.6 Å². The summed E-state index contributed by atoms with van der Waals surface area (Å²) in [7, 11) is -2.57. The van der Waals surface area contributed by atoms with Crippen LogP contribution in [0.25, 0.3) is 0 Å². The lowest BCUT2D eigenvalue weighted by molar-refractivity contribution is -0.134. The van der Waals surface area contributed by atoms with E-state index in [4.69, 9.17) is 14.2 Å². The van der Waals surface area contributed by atoms with Crippen molar-refractivity contribution >= 4 is 33.3 Å². The van der Waals surface area contributed by atoms with Gasteiger partial charge in [-0.25, -0.2) is 17.6 Å². The second-order valence-corrected chi connectivity index (χ2v) is 13.1. The number of carbonyl (C=O) groups is 2. The van der Waals surface area contributed by atoms with E-state index in [2.05, 4.69) is 10.6 Å². The zero-order chi connectivity index (χ0) is 32.3. The second kappa shape index (κ2) is 13.3. The number of urea groups is 1. The molecule has 0 saturated heterocycles. The van der Waals surface area contributed by atoms with Crippen LogP contribution in [0.5, 0.6) is 17.2 Å². The van der Waals surface area contributed by atoms with Crippen LogP contribution in [0.1, 0.15) is 19.4 Å². The first-order valence-electron chi connectivity index (χ1n) is 14.3. The Morgan fingerprint density at radius 2 is 1.69 bits per heavy atom. The third kappa shape index (κ3) is 7.30. The number of nitrogens with one attached hydrogen (secondary N) is 2. The zero-order valence-electron chi connectivity index (χ0n) is 25.0. The molecule has 3 aromatic rings. The summed E-state index contributed by atoms with van der Waals surface area (Å²) in [5.74, 6) is 0.284. The SMILES string of the molecule is C[C@@H]1CN([C@@H](C)CO)C(=O)Cc2cc(NC(=O)Nc3ccc4c(c3)OCO4)ccc2O[C@@H]1CN(C)S(=O)(=O)c1ccc(F)cc1. The molecule has 240 valence electrons. The smallest absolute Gasteiger partial charge is 0.323 e. The van der Waals surface area contributed by atoms with E-state index < -0.39 is 34.0 Å². The lowest BCUT2D eigenvalue weighted by Gasteiger charge is -2.33. The van der Waals surface area contributed by atoms with Gasteiger partial charge in [-0.2, -0.15) is 4.31 Å². The molecule has 0 fully saturated rings. The van der Waals surface area contributed by atoms with Crippen LogP contribution in [-0.4, -0.2) is 80.4 Å². The molecular weight excluding hydrogens is 607 g/mol. The quantitative estimate of drug-likeness (QED) is 0.338. The second-order valence-electron chi connectivity index (χ2n) is 11.1. The molecule has 12 nitrogen and oxygen atoms in total. The van der Waals surface area contributed by atoms with E-state index in [1.54, 1.807) is 48.2 Å². The fraction of sp³-hybridized carbons (Fsp3) is 0.355. The number of fused-ring (bicyclic) bond motifs is 2. The molecule has 14 heteroatoms. The number of carbonyl (C=O) groups excluding carboxylic acids is 2. The Labute approximate surface area is 260 Å². The first kappa shape index (κ1) is 32.0. The Bertz CT molecular complexity index is 1670. The number of amides is 3. The number of sulfonamides is 1. The van der Waals surface area contributed by atoms with Crippen molar-refractivity contribution in [1.29, 1.82) is 0 Å². The molecule has 5 rings (SSSR count). The lowest BCUT2D eigenvalue weighted by Crippen LogP contribution is -2.48. The summed E-state index contributed by atoms with van der Waals surface area (Å²) in [5, 5.41) is 15.4. The number of likely N-dealkylation sites (N-methyl/N-ethyl adjacent to an activating group) is 1. The largest absolute Gasteiger partial charge is 0.488 e. The molecule has 0 bridgehead atoms. The highest BCUT2D eigenvalue weighted by Crippen LogP contribution is 2.34. The molecule has 0 radical (unpaired) electrons. The van der Waals surface area contributed by atoms with Gasteiger partial charge in [0.2, 0.25) is 22.7 Å². The fourth-order valence-corrected chi connectivity index (χ4v) is 6.31. The number of hydrogen-bond acceptors (Lipinski definition) is 8. The molecule has 0 spiro atoms. The summed E-state index contributed by atoms with van der Waals surface area (Å²) in [4.78, 5) is 27.8. The molecule has 45 heavy (non-hydrogen) atoms. The number of anilines is 2. The zero-order valence-corrected chi connectivity index (χ0v) is 25.8. The van der Waals surface area contributed by atoms with Crippen LogP contribution in [0, 0.1) is 11.7 Å². The van der Waals surface area contributed by atoms with E-state index in [1.165, 1.54) is 19.2 Å². The highest BCUT2D eigenvalue weighted by Gasteiger charge is 2.33. The first-order valence-corrected chi connectivity index (χ1v) is 15.8. The molecule has 2 heterocycles. The summed E-state index contributed by atoms with van der Waals surface area (Å²) in [6.07, 6.45) is -0.793. The van der Waals surface area contributed by atoms with Gasteiger partial charge in [0.05, 0.1) is 30.5 Å². The number of ether oxygens (including phenoxy) is 3. The summed E-state index contributed by atoms with van der Waals surface area (Å²) >= 11 is 0. The van der Waals surface area contributed by atoms with Gasteiger partial charge in [0, 0.05) is 42.5 Å². The highest BCUT2D eigenvalue weighted by atomic mass is 32.2. The number of halogens is 1. The van der Waals surface area contributed by atoms with Crippen molar-refractivity contribution in [2.24, 2.45) is 5.92 Å². The van der Waals surface area contributed by atoms with Crippen molar-refractivity contribution < 1.29 is 41.7 Å². The van der Waals surface area contributed by atoms with E-state index in [9.17, 15) is 27.5 Å². The number of rotatable bonds is 8. The Hall–Kier alpha value is -4.40. The topological polar surface area (TPSA) is 147 Å². The van der Waals surface area contributed by atoms with Gasteiger partial charge in [-0.1, -0.05) is 6.92 Å². The van der Waals surface area contributed by atoms with Crippen molar-refractivity contribution in [2.45, 2.75) is 37.3 Å². The van der Waals surface area contributed by atoms with Gasteiger partial charge in [-0.3, -0.25) is 4.79 Å². The van der Waals surface area contributed by atoms with Crippen LogP contribution in [0.2, 0.25) is 0 Å². The van der Waals surface area contributed by atoms with Gasteiger partial charge in [-0.15, -0.1) is 0 Å². The molecule has 0 aromatic heterocycles. The summed E-state index contributed by atoms with van der Waals surface area (Å²) in [5.41, 5.74) is 1.35. The molecule has 3 aromatic carbocycles. The maximum atomic E-state index is 13.5. The molecule has 3 amide bonds. The van der Waals surface area contributed by atoms with Gasteiger partial charge < -0.3 is 34.9 Å². The number of hydrogen-bond donors (Lipinski definition) is 3. The lowest BCUT2D eigenvalue weighted by atomic mass is 10.0. The molecule has 3 N–H and O–H groups in total. The van der Waals surface area contributed by atoms with Gasteiger partial charge in [-0.05, 0) is 61.5 Å². The van der Waals surface area contributed by atoms with Crippen LogP contribution < -0.4 is 24.8 Å². The molecule has 2 aliphatic heterocycles. The van der Waals surface area contributed by atoms with Crippen molar-refractivity contribution in [3.05, 3.63) is 72.0 Å². The summed E-state index contributed by atoms with van der Waals surface area (Å²) < 4.78 is 58.2. The normalized spacial score (nSPS) is 18.7. The van der Waals surface area contributed by atoms with Crippen molar-refractivity contribution in [2.75, 3.05) is 44.2 Å². The van der Waals surface area contributed by atoms with Gasteiger partial charge in [0.1, 0.15) is 17.7 Å². The Balaban J connectivity index is 1.38. The van der Waals surface area contributed by atoms with E-state index in [-0.39, 0.29) is 49.6 Å². The minimum Gasteiger partial charge on any atom is -0.488 e. The Kier molecular flexibility index (Phi) is 9.46. The van der Waals surface area contributed by atoms with Crippen LogP contribution >= 0.6 is 0 Å². The number of benzene rings is 3. The van der Waals surface area contributed by atoms with Crippen LogP contribution in [0.3, 0.4) is 0 Å². The average molecular weight is 643 g/mol. The number of aliphatic hydroxyl groups is 1. The molecule has 3 atom stereocenters. The maximum absolute atomic E-state index is 13.5. The van der Waals surface area contributed by atoms with Crippen molar-refractivity contribution in [3.63, 3.8) is 0 Å². The van der Waals surface area contributed by atoms with E-state index in [1.807, 2.05) is 6.92 Å². The number of aliphatic hydroxyl groups excluding tert-OH is 1. The Morgan fingerprint density at radius 1 is 1.04 bits per heavy atom. The van der Waals surface area contributed by atoms with E-state index in [0.717, 1.165) is 16.4 Å². The summed E-state index contributed by atoms with van der Waals surface area (Å²) in [6, 6.07) is 13.4. The summed E-state index contributed by atoms with van der Waals surface area (Å²) in [6.45, 7) is 3.53. The third-order valence-electron chi connectivity index (χ3n) is 7.76. The standard InChI is InChI=1S/C31H35FN4O8S/c1-19-15-36(20(2)17-37)30(38)13-21-12-23(33-31(39)34-24-7-11-27-28(14-24)43-18-42-27)6-10-26(21)44-29(19)16-35(3)45(40,41)25-8-4-22(32)5-9-25/h4-12,14,19-20,29,37H,13,15-18H2,1-3H3,(H2,33,34,39)/t19-,20+,29-/m1/s1. The van der Waals surface area contributed by atoms with E-state index >= 15 is 0 Å². The maximum Gasteiger partial charge on any atom is 0.323 e. The van der Waals surface area contributed by atoms with Gasteiger partial charge >= 0.3 is 6.03 Å². The van der Waals surface area contributed by atoms with Gasteiger partial charge in [0.25, 0.3) is 0 Å². The average Bonchev–Trinajstić information content (AvgIpc) is 3.49. The van der Waals surface area contributed by atoms with Crippen LogP contribution in [0.15, 0.2) is 65.6 Å². The third-order valence-corrected chi connectivity index (χ3v) is 9.60. The minimum atomic E-state index is -3.98. The van der Waals surface area contributed by atoms with E-state index in [0.29, 0.717) is 34.2 Å². The number of nitrogens with zero attached hydrogens (tertiary/aromatic N) is 2. The predicted molar refractivity (Wildman–Crippen MR) is 163 cm³/mol. The first-order chi connectivity index (χ1) is 21.4. The van der Waals surface area contributed by atoms with Crippen LogP contribution in [-0.2, 0) is 21.2 Å². The molecule has 0 aliphatic carbocycles. The monoisotopic (exact) mass is 642 g/mol. The molecule has 0 saturated carbocycles. The van der Waals surface area contributed by atoms with Crippen molar-refractivity contribution in [3.8, 4) is 17.2 Å². The molecular formula is C31H35FN4O8S. The highest BCUT2D eigenvalue weighted by molar-refractivity contribution is 7.89. The molecule has 2 aliphatic rings. The Morgan fingerprint density at radius 3 is 2.38 bits per heavy atom. The van der Waals surface area contributed by atoms with Gasteiger partial charge in [0.15, 0.2) is 11.5 Å². The predicted octanol–water partition coefficient (Wildman–Crippen LogP) is 3.67. The minimum absolute atomic E-state index is 0.0667.